The molecular formula is C22H30N2O6. The molecule has 0 bridgehead atoms. The van der Waals surface area contributed by atoms with E-state index in [1.165, 1.54) is 0 Å². The van der Waals surface area contributed by atoms with E-state index in [0.29, 0.717) is 45.0 Å². The van der Waals surface area contributed by atoms with Crippen molar-refractivity contribution in [3.05, 3.63) is 24.3 Å². The number of hydrogen-bond donors (Lipinski definition) is 0. The lowest BCUT2D eigenvalue weighted by Gasteiger charge is -2.24. The molecule has 3 saturated heterocycles. The zero-order chi connectivity index (χ0) is 20.9. The van der Waals surface area contributed by atoms with Gasteiger partial charge in [-0.1, -0.05) is 12.5 Å². The smallest absolute Gasteiger partial charge is 0.242 e. The quantitative estimate of drug-likeness (QED) is 0.721. The van der Waals surface area contributed by atoms with Gasteiger partial charge in [-0.2, -0.15) is 0 Å². The Labute approximate surface area is 177 Å². The molecule has 8 heteroatoms. The number of carbonyl (C=O) groups is 2. The lowest BCUT2D eigenvalue weighted by Crippen LogP contribution is -2.42. The van der Waals surface area contributed by atoms with Crippen molar-refractivity contribution in [1.29, 1.82) is 0 Å². The standard InChI is InChI=1S/C22H30N2O6/c1-27-16-6-5-7-17(10-16)30-18-14-28-19-11-24(12-20(19)29-15-18)22(26)13-23-9-4-2-3-8-21(23)25/h5-7,10,18-20H,2-4,8-9,11-15H2,1H3/t19-,20-/m0/s1. The Kier molecular flexibility index (Phi) is 6.74. The van der Waals surface area contributed by atoms with Crippen LogP contribution in [0.15, 0.2) is 24.3 Å². The van der Waals surface area contributed by atoms with Gasteiger partial charge in [0.05, 0.1) is 26.9 Å². The summed E-state index contributed by atoms with van der Waals surface area (Å²) in [5.74, 6) is 1.49. The lowest BCUT2D eigenvalue weighted by atomic mass is 10.2. The second kappa shape index (κ2) is 9.66. The van der Waals surface area contributed by atoms with Gasteiger partial charge in [-0.3, -0.25) is 9.59 Å². The van der Waals surface area contributed by atoms with Crippen LogP contribution in [0.5, 0.6) is 11.5 Å². The molecule has 0 aliphatic carbocycles. The SMILES string of the molecule is COc1cccc(OC2CO[C@H]3CN(C(=O)CN4CCCCCC4=O)C[C@@H]3OC2)c1. The molecule has 3 aliphatic heterocycles. The minimum atomic E-state index is -0.221. The van der Waals surface area contributed by atoms with Crippen LogP contribution in [0.2, 0.25) is 0 Å². The van der Waals surface area contributed by atoms with Gasteiger partial charge in [-0.25, -0.2) is 0 Å². The van der Waals surface area contributed by atoms with E-state index in [0.717, 1.165) is 25.0 Å². The van der Waals surface area contributed by atoms with Crippen LogP contribution in [0.4, 0.5) is 0 Å². The number of carbonyl (C=O) groups excluding carboxylic acids is 2. The van der Waals surface area contributed by atoms with Crippen molar-refractivity contribution in [2.75, 3.05) is 46.5 Å². The number of ether oxygens (including phenoxy) is 4. The molecule has 3 fully saturated rings. The Hall–Kier alpha value is -2.32. The number of rotatable bonds is 5. The molecule has 0 unspecified atom stereocenters. The maximum Gasteiger partial charge on any atom is 0.242 e. The fraction of sp³-hybridized carbons (Fsp3) is 0.636. The highest BCUT2D eigenvalue weighted by molar-refractivity contribution is 5.85. The molecule has 8 nitrogen and oxygen atoms in total. The molecule has 3 aliphatic rings. The third kappa shape index (κ3) is 5.05. The lowest BCUT2D eigenvalue weighted by molar-refractivity contribution is -0.140. The van der Waals surface area contributed by atoms with E-state index in [9.17, 15) is 9.59 Å². The first kappa shape index (κ1) is 20.9. The number of nitrogens with zero attached hydrogens (tertiary/aromatic N) is 2. The molecule has 3 heterocycles. The van der Waals surface area contributed by atoms with Gasteiger partial charge >= 0.3 is 0 Å². The molecule has 0 radical (unpaired) electrons. The maximum absolute atomic E-state index is 12.8. The van der Waals surface area contributed by atoms with Crippen molar-refractivity contribution >= 4 is 11.8 Å². The highest BCUT2D eigenvalue weighted by Gasteiger charge is 2.40. The second-order valence-electron chi connectivity index (χ2n) is 8.09. The van der Waals surface area contributed by atoms with E-state index in [1.54, 1.807) is 16.9 Å². The van der Waals surface area contributed by atoms with Crippen molar-refractivity contribution < 1.29 is 28.5 Å². The molecule has 0 saturated carbocycles. The summed E-state index contributed by atoms with van der Waals surface area (Å²) in [6.45, 7) is 2.58. The number of benzene rings is 1. The topological polar surface area (TPSA) is 77.5 Å². The van der Waals surface area contributed by atoms with Crippen molar-refractivity contribution in [1.82, 2.24) is 9.80 Å². The van der Waals surface area contributed by atoms with Gasteiger partial charge < -0.3 is 28.7 Å². The summed E-state index contributed by atoms with van der Waals surface area (Å²) in [6, 6.07) is 7.44. The minimum absolute atomic E-state index is 0.0327. The number of likely N-dealkylation sites (tertiary alicyclic amines) is 2. The molecule has 164 valence electrons. The molecule has 2 amide bonds. The van der Waals surface area contributed by atoms with Crippen LogP contribution in [-0.2, 0) is 19.1 Å². The fourth-order valence-electron chi connectivity index (χ4n) is 4.18. The first-order chi connectivity index (χ1) is 14.6. The summed E-state index contributed by atoms with van der Waals surface area (Å²) in [6.07, 6.45) is 2.90. The Morgan fingerprint density at radius 3 is 2.57 bits per heavy atom. The first-order valence-electron chi connectivity index (χ1n) is 10.7. The van der Waals surface area contributed by atoms with Crippen LogP contribution >= 0.6 is 0 Å². The van der Waals surface area contributed by atoms with Gasteiger partial charge in [0.25, 0.3) is 0 Å². The van der Waals surface area contributed by atoms with Gasteiger partial charge in [-0.05, 0) is 25.0 Å². The van der Waals surface area contributed by atoms with E-state index in [4.69, 9.17) is 18.9 Å². The third-order valence-electron chi connectivity index (χ3n) is 5.90. The molecule has 0 aromatic heterocycles. The van der Waals surface area contributed by atoms with Gasteiger partial charge in [0.1, 0.15) is 29.8 Å². The Balaban J connectivity index is 1.27. The van der Waals surface area contributed by atoms with Crippen molar-refractivity contribution in [3.63, 3.8) is 0 Å². The molecule has 30 heavy (non-hydrogen) atoms. The highest BCUT2D eigenvalue weighted by Crippen LogP contribution is 2.24. The summed E-state index contributed by atoms with van der Waals surface area (Å²) in [5.41, 5.74) is 0. The molecular weight excluding hydrogens is 388 g/mol. The highest BCUT2D eigenvalue weighted by atomic mass is 16.6. The monoisotopic (exact) mass is 418 g/mol. The zero-order valence-electron chi connectivity index (χ0n) is 17.5. The molecule has 4 rings (SSSR count). The predicted molar refractivity (Wildman–Crippen MR) is 109 cm³/mol. The summed E-state index contributed by atoms with van der Waals surface area (Å²) < 4.78 is 23.3. The van der Waals surface area contributed by atoms with E-state index in [1.807, 2.05) is 24.3 Å². The van der Waals surface area contributed by atoms with E-state index in [2.05, 4.69) is 0 Å². The van der Waals surface area contributed by atoms with Gasteiger partial charge in [0.2, 0.25) is 11.8 Å². The van der Waals surface area contributed by atoms with Gasteiger partial charge in [0.15, 0.2) is 0 Å². The Morgan fingerprint density at radius 2 is 1.83 bits per heavy atom. The Morgan fingerprint density at radius 1 is 1.10 bits per heavy atom. The van der Waals surface area contributed by atoms with Crippen LogP contribution in [0.1, 0.15) is 25.7 Å². The minimum Gasteiger partial charge on any atom is -0.497 e. The zero-order valence-corrected chi connectivity index (χ0v) is 17.5. The summed E-state index contributed by atoms with van der Waals surface area (Å²) >= 11 is 0. The van der Waals surface area contributed by atoms with Crippen LogP contribution in [0.3, 0.4) is 0 Å². The molecule has 1 aromatic rings. The van der Waals surface area contributed by atoms with Crippen LogP contribution in [0.25, 0.3) is 0 Å². The second-order valence-corrected chi connectivity index (χ2v) is 8.09. The molecule has 0 N–H and O–H groups in total. The van der Waals surface area contributed by atoms with Crippen LogP contribution in [-0.4, -0.2) is 86.4 Å². The van der Waals surface area contributed by atoms with Gasteiger partial charge in [-0.15, -0.1) is 0 Å². The predicted octanol–water partition coefficient (Wildman–Crippen LogP) is 1.47. The van der Waals surface area contributed by atoms with Crippen molar-refractivity contribution in [3.8, 4) is 11.5 Å². The number of methoxy groups -OCH3 is 1. The number of amides is 2. The number of fused-ring (bicyclic) bond motifs is 1. The van der Waals surface area contributed by atoms with Crippen LogP contribution < -0.4 is 9.47 Å². The summed E-state index contributed by atoms with van der Waals surface area (Å²) in [7, 11) is 1.62. The van der Waals surface area contributed by atoms with Crippen LogP contribution in [0, 0.1) is 0 Å². The van der Waals surface area contributed by atoms with E-state index >= 15 is 0 Å². The molecule has 1 aromatic carbocycles. The van der Waals surface area contributed by atoms with E-state index < -0.39 is 0 Å². The fourth-order valence-corrected chi connectivity index (χ4v) is 4.18. The largest absolute Gasteiger partial charge is 0.497 e. The Bertz CT molecular complexity index is 741. The summed E-state index contributed by atoms with van der Waals surface area (Å²) in [4.78, 5) is 28.4. The van der Waals surface area contributed by atoms with Crippen molar-refractivity contribution in [2.24, 2.45) is 0 Å². The number of hydrogen-bond acceptors (Lipinski definition) is 6. The van der Waals surface area contributed by atoms with E-state index in [-0.39, 0.29) is 36.7 Å². The van der Waals surface area contributed by atoms with Gasteiger partial charge in [0, 0.05) is 32.1 Å². The average Bonchev–Trinajstić information content (AvgIpc) is 2.94. The summed E-state index contributed by atoms with van der Waals surface area (Å²) in [5, 5.41) is 0. The average molecular weight is 418 g/mol. The third-order valence-corrected chi connectivity index (χ3v) is 5.90. The molecule has 2 atom stereocenters. The normalized spacial score (nSPS) is 25.4. The van der Waals surface area contributed by atoms with Crippen molar-refractivity contribution in [2.45, 2.75) is 44.0 Å². The molecule has 0 spiro atoms. The first-order valence-corrected chi connectivity index (χ1v) is 10.7. The maximum atomic E-state index is 12.8.